The Morgan fingerprint density at radius 3 is 1.82 bits per heavy atom. The Labute approximate surface area is 187 Å². The van der Waals surface area contributed by atoms with Crippen molar-refractivity contribution in [3.8, 4) is 16.9 Å². The minimum absolute atomic E-state index is 0.174. The Morgan fingerprint density at radius 1 is 0.786 bits per heavy atom. The minimum atomic E-state index is -3.72. The van der Waals surface area contributed by atoms with Crippen LogP contribution < -0.4 is 4.74 Å². The quantitative estimate of drug-likeness (QED) is 0.238. The highest BCUT2D eigenvalue weighted by molar-refractivity contribution is 9.47. The van der Waals surface area contributed by atoms with Gasteiger partial charge < -0.3 is 4.74 Å². The molecule has 142 valence electrons. The summed E-state index contributed by atoms with van der Waals surface area (Å²) in [5.41, 5.74) is 1.32. The van der Waals surface area contributed by atoms with Crippen LogP contribution in [0.5, 0.6) is 5.75 Å². The van der Waals surface area contributed by atoms with Gasteiger partial charge in [-0.15, -0.1) is 0 Å². The Bertz CT molecular complexity index is 1350. The van der Waals surface area contributed by atoms with Gasteiger partial charge >= 0.3 is 0 Å². The zero-order valence-corrected chi connectivity index (χ0v) is 20.1. The van der Waals surface area contributed by atoms with Gasteiger partial charge in [-0.05, 0) is 65.5 Å². The lowest BCUT2D eigenvalue weighted by atomic mass is 9.93. The normalized spacial score (nSPS) is 11.9. The third kappa shape index (κ3) is 3.28. The molecule has 0 unspecified atom stereocenters. The highest BCUT2D eigenvalue weighted by atomic mass is 79.9. The number of ether oxygens (including phenoxy) is 1. The molecule has 0 aromatic heterocycles. The maximum atomic E-state index is 12.7. The first kappa shape index (κ1) is 19.9. The number of halogens is 3. The number of fused-ring (bicyclic) bond motifs is 2. The molecule has 0 N–H and O–H groups in total. The van der Waals surface area contributed by atoms with Crippen LogP contribution in [0.2, 0.25) is 0 Å². The second-order valence-electron chi connectivity index (χ2n) is 6.21. The molecule has 4 rings (SSSR count). The van der Waals surface area contributed by atoms with Crippen LogP contribution in [0, 0.1) is 0 Å². The van der Waals surface area contributed by atoms with Crippen molar-refractivity contribution in [2.45, 2.75) is 4.90 Å². The second kappa shape index (κ2) is 7.44. The Balaban J connectivity index is 2.35. The van der Waals surface area contributed by atoms with Crippen molar-refractivity contribution in [3.63, 3.8) is 0 Å². The molecule has 0 bridgehead atoms. The first-order valence-electron chi connectivity index (χ1n) is 8.24. The fraction of sp³-hybridized carbons (Fsp3) is 0.0476. The smallest absolute Gasteiger partial charge is 0.239 e. The summed E-state index contributed by atoms with van der Waals surface area (Å²) in [5.74, 6) is 0.583. The monoisotopic (exact) mass is 582 g/mol. The Hall–Kier alpha value is -1.41. The van der Waals surface area contributed by atoms with Crippen molar-refractivity contribution in [2.75, 3.05) is 7.11 Å². The summed E-state index contributed by atoms with van der Waals surface area (Å²) in [7, 11) is -2.13. The molecule has 0 spiro atoms. The minimum Gasteiger partial charge on any atom is -0.495 e. The van der Waals surface area contributed by atoms with E-state index in [4.69, 9.17) is 4.74 Å². The van der Waals surface area contributed by atoms with Gasteiger partial charge in [0.25, 0.3) is 0 Å². The Morgan fingerprint density at radius 2 is 1.29 bits per heavy atom. The Kier molecular flexibility index (Phi) is 5.29. The number of hydrogen-bond acceptors (Lipinski definition) is 3. The molecule has 0 fully saturated rings. The van der Waals surface area contributed by atoms with E-state index in [-0.39, 0.29) is 4.90 Å². The van der Waals surface area contributed by atoms with E-state index < -0.39 is 8.27 Å². The molecule has 7 heteroatoms. The summed E-state index contributed by atoms with van der Waals surface area (Å²) in [5, 5.41) is 3.64. The molecule has 0 radical (unpaired) electrons. The standard InChI is InChI=1S/C21H13Br3O3S/c1-27-20-16(22)10-12-6-2-4-8-14(12)18(20)19-15-9-5-3-7-13(15)11-17(23)21(19)28(24,25)26/h2-11H,1H3. The van der Waals surface area contributed by atoms with E-state index in [2.05, 4.69) is 46.7 Å². The summed E-state index contributed by atoms with van der Waals surface area (Å²) in [6.45, 7) is 0. The molecule has 0 aliphatic rings. The predicted molar refractivity (Wildman–Crippen MR) is 125 cm³/mol. The molecule has 0 amide bonds. The lowest BCUT2D eigenvalue weighted by Crippen LogP contribution is -2.00. The van der Waals surface area contributed by atoms with Crippen LogP contribution in [-0.4, -0.2) is 15.5 Å². The van der Waals surface area contributed by atoms with Crippen LogP contribution in [0.1, 0.15) is 0 Å². The fourth-order valence-electron chi connectivity index (χ4n) is 3.52. The average Bonchev–Trinajstić information content (AvgIpc) is 2.65. The molecule has 0 atom stereocenters. The number of benzene rings is 4. The lowest BCUT2D eigenvalue weighted by Gasteiger charge is -2.19. The van der Waals surface area contributed by atoms with Crippen molar-refractivity contribution in [2.24, 2.45) is 0 Å². The third-order valence-corrected chi connectivity index (χ3v) is 7.97. The van der Waals surface area contributed by atoms with Crippen LogP contribution >= 0.6 is 46.7 Å². The van der Waals surface area contributed by atoms with Gasteiger partial charge in [0.2, 0.25) is 8.27 Å². The van der Waals surface area contributed by atoms with Crippen LogP contribution in [0.3, 0.4) is 0 Å². The van der Waals surface area contributed by atoms with E-state index in [1.165, 1.54) is 0 Å². The molecule has 4 aromatic carbocycles. The van der Waals surface area contributed by atoms with Crippen molar-refractivity contribution in [3.05, 3.63) is 69.6 Å². The fourth-order valence-corrected chi connectivity index (χ4v) is 7.62. The van der Waals surface area contributed by atoms with Crippen LogP contribution in [-0.2, 0) is 8.27 Å². The highest BCUT2D eigenvalue weighted by Crippen LogP contribution is 2.49. The summed E-state index contributed by atoms with van der Waals surface area (Å²) >= 11 is 9.94. The molecule has 0 heterocycles. The zero-order valence-electron chi connectivity index (χ0n) is 14.5. The maximum Gasteiger partial charge on any atom is 0.239 e. The van der Waals surface area contributed by atoms with Gasteiger partial charge in [-0.25, -0.2) is 8.42 Å². The first-order valence-corrected chi connectivity index (χ1v) is 13.2. The van der Waals surface area contributed by atoms with Gasteiger partial charge in [0.15, 0.2) is 0 Å². The first-order chi connectivity index (χ1) is 13.3. The van der Waals surface area contributed by atoms with Gasteiger partial charge in [0, 0.05) is 15.6 Å². The molecule has 3 nitrogen and oxygen atoms in total. The maximum absolute atomic E-state index is 12.7. The van der Waals surface area contributed by atoms with E-state index in [0.29, 0.717) is 15.8 Å². The summed E-state index contributed by atoms with van der Waals surface area (Å²) < 4.78 is 32.5. The molecule has 28 heavy (non-hydrogen) atoms. The topological polar surface area (TPSA) is 43.4 Å². The number of methoxy groups -OCH3 is 1. The van der Waals surface area contributed by atoms with Crippen molar-refractivity contribution in [1.82, 2.24) is 0 Å². The highest BCUT2D eigenvalue weighted by Gasteiger charge is 2.27. The molecular formula is C21H13Br3O3S. The van der Waals surface area contributed by atoms with E-state index in [1.54, 1.807) is 7.11 Å². The van der Waals surface area contributed by atoms with Crippen molar-refractivity contribution in [1.29, 1.82) is 0 Å². The lowest BCUT2D eigenvalue weighted by molar-refractivity contribution is 0.414. The molecule has 4 aromatic rings. The summed E-state index contributed by atoms with van der Waals surface area (Å²) in [6.07, 6.45) is 0. The molecule has 0 aliphatic heterocycles. The molecule has 0 aliphatic carbocycles. The van der Waals surface area contributed by atoms with Gasteiger partial charge in [0.05, 0.1) is 26.4 Å². The average molecular weight is 585 g/mol. The van der Waals surface area contributed by atoms with Crippen LogP contribution in [0.4, 0.5) is 0 Å². The van der Waals surface area contributed by atoms with E-state index in [0.717, 1.165) is 31.6 Å². The van der Waals surface area contributed by atoms with E-state index in [9.17, 15) is 8.42 Å². The van der Waals surface area contributed by atoms with Gasteiger partial charge in [0.1, 0.15) is 10.6 Å². The molecule has 0 saturated heterocycles. The van der Waals surface area contributed by atoms with Gasteiger partial charge in [-0.1, -0.05) is 48.5 Å². The summed E-state index contributed by atoms with van der Waals surface area (Å²) in [6, 6.07) is 19.3. The second-order valence-corrected chi connectivity index (χ2v) is 11.8. The van der Waals surface area contributed by atoms with E-state index >= 15 is 0 Å². The molecule has 0 saturated carbocycles. The number of hydrogen-bond donors (Lipinski definition) is 0. The summed E-state index contributed by atoms with van der Waals surface area (Å²) in [4.78, 5) is 0.174. The molecular weight excluding hydrogens is 572 g/mol. The largest absolute Gasteiger partial charge is 0.495 e. The zero-order chi connectivity index (χ0) is 20.1. The van der Waals surface area contributed by atoms with Crippen LogP contribution in [0.25, 0.3) is 32.7 Å². The van der Waals surface area contributed by atoms with Gasteiger partial charge in [-0.3, -0.25) is 0 Å². The SMILES string of the molecule is COc1c(Br)cc2ccccc2c1-c1c(S(=O)(=O)Br)c(Br)cc2ccccc12. The predicted octanol–water partition coefficient (Wildman–Crippen LogP) is 7.28. The van der Waals surface area contributed by atoms with Crippen LogP contribution in [0.15, 0.2) is 74.5 Å². The third-order valence-electron chi connectivity index (χ3n) is 4.61. The van der Waals surface area contributed by atoms with Crippen molar-refractivity contribution < 1.29 is 13.2 Å². The van der Waals surface area contributed by atoms with E-state index in [1.807, 2.05) is 60.7 Å². The van der Waals surface area contributed by atoms with Gasteiger partial charge in [-0.2, -0.15) is 0 Å². The number of rotatable bonds is 3. The van der Waals surface area contributed by atoms with Crippen molar-refractivity contribution >= 4 is 76.5 Å².